The van der Waals surface area contributed by atoms with Crippen LogP contribution in [0.5, 0.6) is 0 Å². The van der Waals surface area contributed by atoms with Crippen molar-refractivity contribution in [2.75, 3.05) is 16.2 Å². The van der Waals surface area contributed by atoms with Crippen LogP contribution in [-0.4, -0.2) is 20.9 Å². The van der Waals surface area contributed by atoms with E-state index in [1.165, 1.54) is 18.2 Å². The van der Waals surface area contributed by atoms with Crippen molar-refractivity contribution in [1.29, 1.82) is 0 Å². The monoisotopic (exact) mass is 496 g/mol. The molecule has 0 heterocycles. The molecule has 0 radical (unpaired) electrons. The van der Waals surface area contributed by atoms with E-state index >= 15 is 0 Å². The summed E-state index contributed by atoms with van der Waals surface area (Å²) in [6, 6.07) is 16.1. The first-order valence-corrected chi connectivity index (χ1v) is 11.8. The first-order valence-electron chi connectivity index (χ1n) is 9.19. The Morgan fingerprint density at radius 1 is 0.968 bits per heavy atom. The molecular formula is C22H19Cl3N2O3S. The average Bonchev–Trinajstić information content (AvgIpc) is 2.72. The number of nitrogens with one attached hydrogen (secondary N) is 1. The third kappa shape index (κ3) is 5.33. The van der Waals surface area contributed by atoms with Gasteiger partial charge in [-0.05, 0) is 55.8 Å². The zero-order valence-corrected chi connectivity index (χ0v) is 19.8. The number of nitrogens with zero attached hydrogens (tertiary/aromatic N) is 1. The Balaban J connectivity index is 2.02. The normalized spacial score (nSPS) is 11.3. The van der Waals surface area contributed by atoms with Gasteiger partial charge in [-0.1, -0.05) is 64.6 Å². The molecule has 3 rings (SSSR count). The first-order chi connectivity index (χ1) is 14.6. The Morgan fingerprint density at radius 2 is 1.65 bits per heavy atom. The second-order valence-corrected chi connectivity index (χ2v) is 9.99. The summed E-state index contributed by atoms with van der Waals surface area (Å²) < 4.78 is 28.0. The Morgan fingerprint density at radius 3 is 2.32 bits per heavy atom. The fourth-order valence-corrected chi connectivity index (χ4v) is 4.90. The van der Waals surface area contributed by atoms with Crippen LogP contribution in [0.2, 0.25) is 15.1 Å². The maximum Gasteiger partial charge on any atom is 0.264 e. The van der Waals surface area contributed by atoms with Crippen molar-refractivity contribution >= 4 is 62.1 Å². The predicted octanol–water partition coefficient (Wildman–Crippen LogP) is 6.10. The van der Waals surface area contributed by atoms with Crippen LogP contribution in [0.4, 0.5) is 11.4 Å². The molecule has 3 aromatic rings. The topological polar surface area (TPSA) is 66.5 Å². The van der Waals surface area contributed by atoms with Crippen LogP contribution in [0.3, 0.4) is 0 Å². The molecule has 0 unspecified atom stereocenters. The zero-order chi connectivity index (χ0) is 22.8. The van der Waals surface area contributed by atoms with Crippen molar-refractivity contribution in [3.8, 4) is 0 Å². The van der Waals surface area contributed by atoms with Gasteiger partial charge in [0.15, 0.2) is 0 Å². The van der Waals surface area contributed by atoms with Crippen LogP contribution in [-0.2, 0) is 14.8 Å². The van der Waals surface area contributed by atoms with Gasteiger partial charge >= 0.3 is 0 Å². The van der Waals surface area contributed by atoms with Gasteiger partial charge in [0.25, 0.3) is 10.0 Å². The highest BCUT2D eigenvalue weighted by Crippen LogP contribution is 2.31. The van der Waals surface area contributed by atoms with Crippen LogP contribution >= 0.6 is 34.8 Å². The third-order valence-corrected chi connectivity index (χ3v) is 7.39. The maximum absolute atomic E-state index is 13.5. The molecule has 5 nitrogen and oxygen atoms in total. The summed E-state index contributed by atoms with van der Waals surface area (Å²) in [7, 11) is -4.06. The maximum atomic E-state index is 13.5. The molecule has 0 atom stereocenters. The van der Waals surface area contributed by atoms with Gasteiger partial charge in [-0.3, -0.25) is 9.10 Å². The summed E-state index contributed by atoms with van der Waals surface area (Å²) in [6.45, 7) is 3.12. The highest BCUT2D eigenvalue weighted by atomic mass is 35.5. The van der Waals surface area contributed by atoms with Gasteiger partial charge in [0, 0.05) is 5.02 Å². The molecule has 0 saturated heterocycles. The van der Waals surface area contributed by atoms with Crippen LogP contribution in [0.1, 0.15) is 11.1 Å². The third-order valence-electron chi connectivity index (χ3n) is 4.56. The average molecular weight is 498 g/mol. The van der Waals surface area contributed by atoms with Gasteiger partial charge < -0.3 is 5.32 Å². The largest absolute Gasteiger partial charge is 0.323 e. The number of aryl methyl sites for hydroxylation is 2. The first kappa shape index (κ1) is 23.4. The van der Waals surface area contributed by atoms with Gasteiger partial charge in [0.05, 0.1) is 26.3 Å². The highest BCUT2D eigenvalue weighted by Gasteiger charge is 2.28. The summed E-state index contributed by atoms with van der Waals surface area (Å²) in [6.07, 6.45) is 0. The van der Waals surface area contributed by atoms with Crippen molar-refractivity contribution in [2.45, 2.75) is 18.7 Å². The van der Waals surface area contributed by atoms with E-state index in [-0.39, 0.29) is 20.6 Å². The van der Waals surface area contributed by atoms with E-state index in [9.17, 15) is 13.2 Å². The lowest BCUT2D eigenvalue weighted by atomic mass is 10.2. The van der Waals surface area contributed by atoms with Crippen LogP contribution in [0.15, 0.2) is 65.6 Å². The van der Waals surface area contributed by atoms with Crippen molar-refractivity contribution in [1.82, 2.24) is 0 Å². The van der Waals surface area contributed by atoms with E-state index in [0.29, 0.717) is 16.3 Å². The molecule has 3 aromatic carbocycles. The number of anilines is 2. The minimum absolute atomic E-state index is 0.0612. The minimum Gasteiger partial charge on any atom is -0.323 e. The quantitative estimate of drug-likeness (QED) is 0.447. The van der Waals surface area contributed by atoms with Gasteiger partial charge in [0.2, 0.25) is 5.91 Å². The Labute approximate surface area is 196 Å². The van der Waals surface area contributed by atoms with Gasteiger partial charge in [-0.15, -0.1) is 0 Å². The molecule has 1 amide bonds. The number of hydrogen-bond donors (Lipinski definition) is 1. The molecule has 0 aliphatic heterocycles. The molecule has 0 saturated carbocycles. The van der Waals surface area contributed by atoms with E-state index in [1.807, 2.05) is 6.92 Å². The lowest BCUT2D eigenvalue weighted by Gasteiger charge is -2.26. The standard InChI is InChI=1S/C22H19Cl3N2O3S/c1-14-6-10-17(11-7-14)31(29,30)27(20-12-16(23)9-8-15(20)2)13-21(28)26-19-5-3-4-18(24)22(19)25/h3-12H,13H2,1-2H3,(H,26,28). The summed E-state index contributed by atoms with van der Waals surface area (Å²) in [4.78, 5) is 12.9. The van der Waals surface area contributed by atoms with Crippen molar-refractivity contribution in [2.24, 2.45) is 0 Å². The predicted molar refractivity (Wildman–Crippen MR) is 127 cm³/mol. The second-order valence-electron chi connectivity index (χ2n) is 6.91. The SMILES string of the molecule is Cc1ccc(S(=O)(=O)N(CC(=O)Nc2cccc(Cl)c2Cl)c2cc(Cl)ccc2C)cc1. The van der Waals surface area contributed by atoms with Gasteiger partial charge in [-0.2, -0.15) is 0 Å². The molecule has 0 bridgehead atoms. The van der Waals surface area contributed by atoms with E-state index in [1.54, 1.807) is 49.4 Å². The zero-order valence-electron chi connectivity index (χ0n) is 16.7. The summed E-state index contributed by atoms with van der Waals surface area (Å²) in [5.74, 6) is -0.584. The van der Waals surface area contributed by atoms with E-state index in [0.717, 1.165) is 9.87 Å². The number of amides is 1. The molecule has 162 valence electrons. The fourth-order valence-electron chi connectivity index (χ4n) is 2.91. The number of rotatable bonds is 6. The van der Waals surface area contributed by atoms with E-state index in [4.69, 9.17) is 34.8 Å². The lowest BCUT2D eigenvalue weighted by molar-refractivity contribution is -0.114. The molecule has 0 aliphatic rings. The summed E-state index contributed by atoms with van der Waals surface area (Å²) in [5, 5.41) is 3.42. The summed E-state index contributed by atoms with van der Waals surface area (Å²) >= 11 is 18.3. The molecule has 0 spiro atoms. The van der Waals surface area contributed by atoms with Gasteiger partial charge in [-0.25, -0.2) is 8.42 Å². The number of carbonyl (C=O) groups excluding carboxylic acids is 1. The molecule has 0 fully saturated rings. The van der Waals surface area contributed by atoms with Crippen molar-refractivity contribution in [3.05, 3.63) is 86.9 Å². The molecule has 31 heavy (non-hydrogen) atoms. The number of sulfonamides is 1. The van der Waals surface area contributed by atoms with E-state index in [2.05, 4.69) is 5.32 Å². The molecule has 1 N–H and O–H groups in total. The van der Waals surface area contributed by atoms with Crippen LogP contribution in [0, 0.1) is 13.8 Å². The minimum atomic E-state index is -4.06. The Kier molecular flexibility index (Phi) is 7.17. The number of hydrogen-bond acceptors (Lipinski definition) is 3. The Bertz CT molecular complexity index is 1230. The second kappa shape index (κ2) is 9.49. The lowest BCUT2D eigenvalue weighted by Crippen LogP contribution is -2.38. The van der Waals surface area contributed by atoms with Crippen LogP contribution < -0.4 is 9.62 Å². The number of carbonyl (C=O) groups is 1. The van der Waals surface area contributed by atoms with Crippen LogP contribution in [0.25, 0.3) is 0 Å². The Hall–Kier alpha value is -2.25. The molecule has 0 aliphatic carbocycles. The highest BCUT2D eigenvalue weighted by molar-refractivity contribution is 7.92. The molecule has 0 aromatic heterocycles. The summed E-state index contributed by atoms with van der Waals surface area (Å²) in [5.41, 5.74) is 2.15. The molecular weight excluding hydrogens is 479 g/mol. The van der Waals surface area contributed by atoms with Gasteiger partial charge in [0.1, 0.15) is 6.54 Å². The number of halogens is 3. The smallest absolute Gasteiger partial charge is 0.264 e. The van der Waals surface area contributed by atoms with Crippen molar-refractivity contribution < 1.29 is 13.2 Å². The number of benzene rings is 3. The van der Waals surface area contributed by atoms with Crippen molar-refractivity contribution in [3.63, 3.8) is 0 Å². The fraction of sp³-hybridized carbons (Fsp3) is 0.136. The van der Waals surface area contributed by atoms with E-state index < -0.39 is 22.5 Å². The molecule has 9 heteroatoms.